The predicted octanol–water partition coefficient (Wildman–Crippen LogP) is 16.3. The number of hydrogen-bond acceptors (Lipinski definition) is 9. The molecule has 11 aromatic carbocycles. The van der Waals surface area contributed by atoms with E-state index >= 15 is 0 Å². The second-order valence-electron chi connectivity index (χ2n) is 23.8. The van der Waals surface area contributed by atoms with E-state index in [0.717, 1.165) is 61.2 Å². The Kier molecular flexibility index (Phi) is 29.0. The SMILES string of the molecule is C[C@@H](CC(=O)NC(c1ccccc1)(c1ccccc1)c1ccccc1)C(=O)O.C[C@@H](CC(=O)NC(c1ccccc1)(c1ccccc1)c1ccccc1)C(=O)OCc1ccccc1.ClCCl.N[C@@H](CC(=O)NC(c1ccccc1)(c1ccccc1)c1ccccc1)C(=O)OCc1ccccc1.[2HH]. The van der Waals surface area contributed by atoms with Crippen LogP contribution in [0.15, 0.2) is 334 Å². The first-order valence-corrected chi connectivity index (χ1v) is 34.2. The van der Waals surface area contributed by atoms with E-state index in [1.54, 1.807) is 6.92 Å². The zero-order valence-electron chi connectivity index (χ0n) is 56.3. The summed E-state index contributed by atoms with van der Waals surface area (Å²) in [4.78, 5) is 76.1. The monoisotopic (exact) mass is 1390 g/mol. The summed E-state index contributed by atoms with van der Waals surface area (Å²) in [5, 5.41) is 19.1. The molecule has 3 atom stereocenters. The van der Waals surface area contributed by atoms with Crippen LogP contribution in [0.25, 0.3) is 0 Å². The molecule has 3 amide bonds. The van der Waals surface area contributed by atoms with Gasteiger partial charge in [0.25, 0.3) is 0 Å². The van der Waals surface area contributed by atoms with Crippen molar-refractivity contribution in [3.63, 3.8) is 0 Å². The molecule has 101 heavy (non-hydrogen) atoms. The molecule has 11 rings (SSSR count). The van der Waals surface area contributed by atoms with Gasteiger partial charge in [0.2, 0.25) is 17.7 Å². The van der Waals surface area contributed by atoms with Gasteiger partial charge in [-0.15, -0.1) is 23.2 Å². The number of amides is 3. The Morgan fingerprint density at radius 2 is 0.525 bits per heavy atom. The lowest BCUT2D eigenvalue weighted by Gasteiger charge is -2.37. The standard InChI is InChI=1S/C31H29NO3.C30H28N2O3.C24H23NO3.CH2Cl2.H2/c1-24(30(34)35-23-25-14-6-2-7-15-25)22-29(33)32-31(26-16-8-3-9-17-26,27-18-10-4-11-19-27)28-20-12-5-13-21-28;31-27(29(34)35-22-23-13-5-1-6-14-23)21-28(33)32-30(24-15-7-2-8-16-24,25-17-9-3-10-18-25)26-19-11-4-12-20-26;1-18(23(27)28)17-22(26)25-24(19-11-5-2-6-12-19,20-13-7-3-8-14-20)21-15-9-4-10-16-21;2-1-3;/h2-21,24H,22-23H2,1H3,(H,32,33);1-20,27H,21-22,31H2,(H,32,33);2-16,18H,17H2,1H3,(H,25,26)(H,27,28);1H2;1H/t24-;27-;18-;;/m000../s1/i;;;;1+1. The number of carboxylic acids is 1. The number of nitrogens with one attached hydrogen (secondary N) is 3. The molecular weight excluding hydrogens is 1300 g/mol. The number of carboxylic acid groups (broad SMARTS) is 1. The molecule has 6 N–H and O–H groups in total. The summed E-state index contributed by atoms with van der Waals surface area (Å²) in [6.07, 6.45) is -0.284. The average Bonchev–Trinajstić information content (AvgIpc) is 0.772. The number of rotatable bonds is 25. The second-order valence-corrected chi connectivity index (χ2v) is 24.6. The van der Waals surface area contributed by atoms with Gasteiger partial charge < -0.3 is 36.3 Å². The maximum atomic E-state index is 13.4. The van der Waals surface area contributed by atoms with Gasteiger partial charge >= 0.3 is 17.9 Å². The number of aliphatic carboxylic acids is 1. The van der Waals surface area contributed by atoms with E-state index in [0.29, 0.717) is 0 Å². The van der Waals surface area contributed by atoms with Crippen LogP contribution in [0.3, 0.4) is 0 Å². The smallest absolute Gasteiger partial charge is 0.323 e. The minimum absolute atomic E-state index is 0. The summed E-state index contributed by atoms with van der Waals surface area (Å²) in [6.45, 7) is 3.56. The van der Waals surface area contributed by atoms with E-state index in [4.69, 9.17) is 38.4 Å². The molecule has 11 aromatic rings. The molecule has 0 aliphatic carbocycles. The number of esters is 2. The Morgan fingerprint density at radius 3 is 0.743 bits per heavy atom. The summed E-state index contributed by atoms with van der Waals surface area (Å²) in [7, 11) is 0. The lowest BCUT2D eigenvalue weighted by Crippen LogP contribution is -2.49. The average molecular weight is 1390 g/mol. The molecule has 0 aromatic heterocycles. The Hall–Kier alpha value is -11.2. The number of nitrogens with two attached hydrogens (primary N) is 1. The van der Waals surface area contributed by atoms with Gasteiger partial charge in [-0.05, 0) is 61.2 Å². The normalized spacial score (nSPS) is 11.8. The quantitative estimate of drug-likeness (QED) is 0.0208. The van der Waals surface area contributed by atoms with Crippen LogP contribution in [0, 0.1) is 11.8 Å². The first-order chi connectivity index (χ1) is 49.1. The third-order valence-corrected chi connectivity index (χ3v) is 16.8. The molecule has 15 heteroatoms. The van der Waals surface area contributed by atoms with E-state index in [9.17, 15) is 33.9 Å². The fourth-order valence-electron chi connectivity index (χ4n) is 11.8. The first kappa shape index (κ1) is 75.6. The highest BCUT2D eigenvalue weighted by atomic mass is 35.5. The highest BCUT2D eigenvalue weighted by Crippen LogP contribution is 2.40. The maximum Gasteiger partial charge on any atom is 0.323 e. The van der Waals surface area contributed by atoms with Crippen molar-refractivity contribution in [1.29, 1.82) is 0 Å². The zero-order chi connectivity index (χ0) is 71.7. The van der Waals surface area contributed by atoms with E-state index in [1.807, 2.05) is 334 Å². The number of benzene rings is 11. The highest BCUT2D eigenvalue weighted by molar-refractivity contribution is 6.40. The van der Waals surface area contributed by atoms with Crippen molar-refractivity contribution in [3.05, 3.63) is 395 Å². The molecule has 516 valence electrons. The molecule has 0 bridgehead atoms. The number of hydrogen-bond donors (Lipinski definition) is 5. The van der Waals surface area contributed by atoms with Crippen LogP contribution in [-0.4, -0.2) is 52.1 Å². The number of carbonyl (C=O) groups is 6. The number of carbonyl (C=O) groups excluding carboxylic acids is 5. The van der Waals surface area contributed by atoms with E-state index in [-0.39, 0.29) is 57.0 Å². The van der Waals surface area contributed by atoms with Gasteiger partial charge in [-0.1, -0.05) is 347 Å². The summed E-state index contributed by atoms with van der Waals surface area (Å²) in [5.41, 5.74) is 13.3. The van der Waals surface area contributed by atoms with Crippen molar-refractivity contribution in [2.75, 3.05) is 5.34 Å². The van der Waals surface area contributed by atoms with Gasteiger partial charge in [0.1, 0.15) is 35.9 Å². The molecule has 0 heterocycles. The van der Waals surface area contributed by atoms with Gasteiger partial charge in [0, 0.05) is 14.3 Å². The lowest BCUT2D eigenvalue weighted by molar-refractivity contribution is -0.151. The van der Waals surface area contributed by atoms with Crippen molar-refractivity contribution >= 4 is 58.8 Å². The maximum absolute atomic E-state index is 13.4. The third-order valence-electron chi connectivity index (χ3n) is 16.8. The molecule has 0 saturated carbocycles. The Bertz CT molecular complexity index is 3810. The molecule has 0 spiro atoms. The van der Waals surface area contributed by atoms with Crippen LogP contribution in [0.2, 0.25) is 0 Å². The van der Waals surface area contributed by atoms with Crippen LogP contribution >= 0.6 is 23.2 Å². The second kappa shape index (κ2) is 38.8. The van der Waals surface area contributed by atoms with Crippen LogP contribution in [0.5, 0.6) is 0 Å². The number of halogens is 2. The van der Waals surface area contributed by atoms with Crippen LogP contribution in [-0.2, 0) is 68.1 Å². The van der Waals surface area contributed by atoms with Crippen molar-refractivity contribution in [1.82, 2.24) is 16.0 Å². The van der Waals surface area contributed by atoms with E-state index in [2.05, 4.69) is 16.0 Å². The molecular formula is C86H84Cl2N4O9. The van der Waals surface area contributed by atoms with Crippen LogP contribution < -0.4 is 21.7 Å². The van der Waals surface area contributed by atoms with Crippen LogP contribution in [0.4, 0.5) is 0 Å². The van der Waals surface area contributed by atoms with Gasteiger partial charge in [-0.25, -0.2) is 0 Å². The van der Waals surface area contributed by atoms with Crippen molar-refractivity contribution in [3.8, 4) is 0 Å². The van der Waals surface area contributed by atoms with E-state index < -0.39 is 52.4 Å². The van der Waals surface area contributed by atoms with Crippen molar-refractivity contribution in [2.45, 2.75) is 69.0 Å². The molecule has 0 aliphatic heterocycles. The van der Waals surface area contributed by atoms with Gasteiger partial charge in [0.05, 0.1) is 23.6 Å². The summed E-state index contributed by atoms with van der Waals surface area (Å²) in [6, 6.07) is 106. The lowest BCUT2D eigenvalue weighted by atomic mass is 9.76. The minimum Gasteiger partial charge on any atom is -0.481 e. The molecule has 0 fully saturated rings. The Balaban J connectivity index is 0.000000211. The molecule has 0 saturated heterocycles. The Morgan fingerprint density at radius 1 is 0.337 bits per heavy atom. The highest BCUT2D eigenvalue weighted by Gasteiger charge is 2.41. The predicted molar refractivity (Wildman–Crippen MR) is 401 cm³/mol. The summed E-state index contributed by atoms with van der Waals surface area (Å²) >= 11 is 9.53. The molecule has 0 aliphatic rings. The molecule has 0 radical (unpaired) electrons. The van der Waals surface area contributed by atoms with Crippen LogP contribution in [0.1, 0.15) is 95.7 Å². The minimum atomic E-state index is -1.08. The number of alkyl halides is 2. The Labute approximate surface area is 602 Å². The zero-order valence-corrected chi connectivity index (χ0v) is 57.8. The van der Waals surface area contributed by atoms with E-state index in [1.165, 1.54) is 6.92 Å². The van der Waals surface area contributed by atoms with Gasteiger partial charge in [-0.2, -0.15) is 0 Å². The first-order valence-electron chi connectivity index (χ1n) is 33.1. The fourth-order valence-corrected chi connectivity index (χ4v) is 11.8. The molecule has 0 unspecified atom stereocenters. The number of ether oxygens (including phenoxy) is 2. The summed E-state index contributed by atoms with van der Waals surface area (Å²) in [5.74, 6) is -4.25. The van der Waals surface area contributed by atoms with Crippen molar-refractivity contribution < 1.29 is 44.8 Å². The van der Waals surface area contributed by atoms with Gasteiger partial charge in [0.15, 0.2) is 0 Å². The van der Waals surface area contributed by atoms with Crippen molar-refractivity contribution in [2.24, 2.45) is 17.6 Å². The largest absolute Gasteiger partial charge is 0.481 e. The summed E-state index contributed by atoms with van der Waals surface area (Å²) < 4.78 is 10.8. The third kappa shape index (κ3) is 20.7. The molecule has 13 nitrogen and oxygen atoms in total. The van der Waals surface area contributed by atoms with Gasteiger partial charge in [-0.3, -0.25) is 28.8 Å². The fraction of sp³-hybridized carbons (Fsp3) is 0.163. The topological polar surface area (TPSA) is 203 Å².